The zero-order valence-electron chi connectivity index (χ0n) is 15.1. The van der Waals surface area contributed by atoms with Gasteiger partial charge >= 0.3 is 0 Å². The van der Waals surface area contributed by atoms with E-state index in [-0.39, 0.29) is 11.4 Å². The second kappa shape index (κ2) is 6.99. The fourth-order valence-electron chi connectivity index (χ4n) is 2.73. The van der Waals surface area contributed by atoms with Gasteiger partial charge in [0, 0.05) is 5.69 Å². The Hall–Kier alpha value is -3.16. The van der Waals surface area contributed by atoms with Crippen LogP contribution < -0.4 is 15.6 Å². The molecule has 8 nitrogen and oxygen atoms in total. The Morgan fingerprint density at radius 3 is 2.65 bits per heavy atom. The van der Waals surface area contributed by atoms with Gasteiger partial charge in [0.05, 0.1) is 17.7 Å². The van der Waals surface area contributed by atoms with E-state index in [1.165, 1.54) is 0 Å². The molecule has 0 saturated carbocycles. The number of aryl methyl sites for hydroxylation is 2. The number of ether oxygens (including phenoxy) is 1. The van der Waals surface area contributed by atoms with Gasteiger partial charge < -0.3 is 14.6 Å². The molecule has 0 spiro atoms. The molecule has 1 aromatic carbocycles. The van der Waals surface area contributed by atoms with Crippen molar-refractivity contribution in [1.29, 1.82) is 0 Å². The molecule has 0 aliphatic heterocycles. The number of aromatic nitrogens is 3. The highest BCUT2D eigenvalue weighted by atomic mass is 16.5. The Balaban J connectivity index is 1.85. The molecule has 0 aliphatic rings. The van der Waals surface area contributed by atoms with E-state index in [4.69, 9.17) is 9.26 Å². The van der Waals surface area contributed by atoms with Crippen LogP contribution in [-0.2, 0) is 4.79 Å². The van der Waals surface area contributed by atoms with Crippen molar-refractivity contribution >= 4 is 22.5 Å². The molecule has 1 N–H and O–H groups in total. The molecule has 1 unspecified atom stereocenters. The first kappa shape index (κ1) is 17.7. The normalized spacial score (nSPS) is 12.2. The van der Waals surface area contributed by atoms with E-state index in [9.17, 15) is 9.59 Å². The van der Waals surface area contributed by atoms with Gasteiger partial charge in [-0.1, -0.05) is 5.16 Å². The van der Waals surface area contributed by atoms with Crippen molar-refractivity contribution < 1.29 is 14.1 Å². The predicted molar refractivity (Wildman–Crippen MR) is 96.5 cm³/mol. The van der Waals surface area contributed by atoms with Gasteiger partial charge in [0.1, 0.15) is 17.6 Å². The Labute approximate surface area is 149 Å². The summed E-state index contributed by atoms with van der Waals surface area (Å²) >= 11 is 0. The standard InChI is InChI=1S/C18H20N4O4/c1-5-25-14-8-6-13(7-9-14)19-17(23)11(3)22-18(24)16-15(10(2)20-22)12(4)26-21-16/h6-9,11H,5H2,1-4H3,(H,19,23). The van der Waals surface area contributed by atoms with Crippen molar-refractivity contribution in [2.45, 2.75) is 33.7 Å². The van der Waals surface area contributed by atoms with E-state index in [0.717, 1.165) is 10.4 Å². The number of nitrogens with zero attached hydrogens (tertiary/aromatic N) is 3. The van der Waals surface area contributed by atoms with Crippen LogP contribution in [0.3, 0.4) is 0 Å². The summed E-state index contributed by atoms with van der Waals surface area (Å²) in [5.74, 6) is 0.891. The molecule has 0 saturated heterocycles. The Kier molecular flexibility index (Phi) is 4.75. The number of amides is 1. The van der Waals surface area contributed by atoms with Crippen molar-refractivity contribution in [3.05, 3.63) is 46.1 Å². The number of benzene rings is 1. The van der Waals surface area contributed by atoms with E-state index in [1.807, 2.05) is 6.92 Å². The SMILES string of the molecule is CCOc1ccc(NC(=O)C(C)n2nc(C)c3c(C)onc3c2=O)cc1. The second-order valence-corrected chi connectivity index (χ2v) is 5.92. The van der Waals surface area contributed by atoms with Crippen molar-refractivity contribution in [3.8, 4) is 5.75 Å². The molecular weight excluding hydrogens is 336 g/mol. The van der Waals surface area contributed by atoms with E-state index >= 15 is 0 Å². The maximum Gasteiger partial charge on any atom is 0.297 e. The summed E-state index contributed by atoms with van der Waals surface area (Å²) in [6.07, 6.45) is 0. The maximum absolute atomic E-state index is 12.6. The minimum absolute atomic E-state index is 0.177. The largest absolute Gasteiger partial charge is 0.494 e. The van der Waals surface area contributed by atoms with Crippen LogP contribution in [0.1, 0.15) is 31.3 Å². The summed E-state index contributed by atoms with van der Waals surface area (Å²) in [6.45, 7) is 7.55. The number of rotatable bonds is 5. The quantitative estimate of drug-likeness (QED) is 0.754. The maximum atomic E-state index is 12.6. The molecule has 1 atom stereocenters. The van der Waals surface area contributed by atoms with Gasteiger partial charge in [-0.2, -0.15) is 5.10 Å². The lowest BCUT2D eigenvalue weighted by molar-refractivity contribution is -0.119. The van der Waals surface area contributed by atoms with Crippen LogP contribution in [-0.4, -0.2) is 27.5 Å². The molecule has 0 bridgehead atoms. The highest BCUT2D eigenvalue weighted by molar-refractivity contribution is 5.93. The lowest BCUT2D eigenvalue weighted by Crippen LogP contribution is -2.34. The minimum atomic E-state index is -0.811. The van der Waals surface area contributed by atoms with Crippen LogP contribution in [0.25, 0.3) is 10.9 Å². The zero-order valence-corrected chi connectivity index (χ0v) is 15.1. The molecule has 3 aromatic rings. The van der Waals surface area contributed by atoms with Crippen LogP contribution in [0.4, 0.5) is 5.69 Å². The van der Waals surface area contributed by atoms with Crippen LogP contribution in [0, 0.1) is 13.8 Å². The molecule has 2 heterocycles. The fraction of sp³-hybridized carbons (Fsp3) is 0.333. The smallest absolute Gasteiger partial charge is 0.297 e. The van der Waals surface area contributed by atoms with Crippen LogP contribution >= 0.6 is 0 Å². The van der Waals surface area contributed by atoms with Gasteiger partial charge in [-0.15, -0.1) is 0 Å². The third-order valence-corrected chi connectivity index (χ3v) is 4.07. The third kappa shape index (κ3) is 3.17. The highest BCUT2D eigenvalue weighted by Gasteiger charge is 2.22. The summed E-state index contributed by atoms with van der Waals surface area (Å²) in [6, 6.07) is 6.20. The van der Waals surface area contributed by atoms with E-state index in [0.29, 0.717) is 29.1 Å². The molecule has 26 heavy (non-hydrogen) atoms. The van der Waals surface area contributed by atoms with Crippen LogP contribution in [0.2, 0.25) is 0 Å². The number of carbonyl (C=O) groups excluding carboxylic acids is 1. The number of carbonyl (C=O) groups is 1. The van der Waals surface area contributed by atoms with Crippen molar-refractivity contribution in [1.82, 2.24) is 14.9 Å². The monoisotopic (exact) mass is 356 g/mol. The van der Waals surface area contributed by atoms with Crippen LogP contribution in [0.5, 0.6) is 5.75 Å². The fourth-order valence-corrected chi connectivity index (χ4v) is 2.73. The summed E-state index contributed by atoms with van der Waals surface area (Å²) in [4.78, 5) is 25.1. The van der Waals surface area contributed by atoms with E-state index in [2.05, 4.69) is 15.6 Å². The van der Waals surface area contributed by atoms with E-state index in [1.54, 1.807) is 45.0 Å². The first-order valence-corrected chi connectivity index (χ1v) is 8.31. The summed E-state index contributed by atoms with van der Waals surface area (Å²) in [7, 11) is 0. The van der Waals surface area contributed by atoms with Crippen LogP contribution in [0.15, 0.2) is 33.6 Å². The van der Waals surface area contributed by atoms with Crippen molar-refractivity contribution in [3.63, 3.8) is 0 Å². The predicted octanol–water partition coefficient (Wildman–Crippen LogP) is 2.60. The van der Waals surface area contributed by atoms with E-state index < -0.39 is 11.6 Å². The molecule has 2 aromatic heterocycles. The van der Waals surface area contributed by atoms with Gasteiger partial charge in [0.25, 0.3) is 5.56 Å². The number of anilines is 1. The van der Waals surface area contributed by atoms with Gasteiger partial charge in [0.15, 0.2) is 5.52 Å². The molecule has 3 rings (SSSR count). The van der Waals surface area contributed by atoms with Gasteiger partial charge in [-0.3, -0.25) is 9.59 Å². The number of hydrogen-bond donors (Lipinski definition) is 1. The molecule has 0 fully saturated rings. The van der Waals surface area contributed by atoms with Crippen molar-refractivity contribution in [2.75, 3.05) is 11.9 Å². The molecule has 8 heteroatoms. The molecule has 1 amide bonds. The second-order valence-electron chi connectivity index (χ2n) is 5.92. The molecule has 136 valence electrons. The Morgan fingerprint density at radius 1 is 1.31 bits per heavy atom. The molecule has 0 aliphatic carbocycles. The van der Waals surface area contributed by atoms with Crippen molar-refractivity contribution in [2.24, 2.45) is 0 Å². The Morgan fingerprint density at radius 2 is 2.00 bits per heavy atom. The topological polar surface area (TPSA) is 99.2 Å². The zero-order chi connectivity index (χ0) is 18.8. The lowest BCUT2D eigenvalue weighted by atomic mass is 10.2. The number of hydrogen-bond acceptors (Lipinski definition) is 6. The third-order valence-electron chi connectivity index (χ3n) is 4.07. The summed E-state index contributed by atoms with van der Waals surface area (Å²) < 4.78 is 11.6. The van der Waals surface area contributed by atoms with Gasteiger partial charge in [0.2, 0.25) is 5.91 Å². The Bertz CT molecular complexity index is 1000. The number of fused-ring (bicyclic) bond motifs is 1. The molecule has 0 radical (unpaired) electrons. The first-order chi connectivity index (χ1) is 12.4. The van der Waals surface area contributed by atoms with Gasteiger partial charge in [-0.25, -0.2) is 4.68 Å². The summed E-state index contributed by atoms with van der Waals surface area (Å²) in [5.41, 5.74) is 0.903. The highest BCUT2D eigenvalue weighted by Crippen LogP contribution is 2.19. The number of nitrogens with one attached hydrogen (secondary N) is 1. The minimum Gasteiger partial charge on any atom is -0.494 e. The average molecular weight is 356 g/mol. The first-order valence-electron chi connectivity index (χ1n) is 8.31. The lowest BCUT2D eigenvalue weighted by Gasteiger charge is -2.15. The van der Waals surface area contributed by atoms with Gasteiger partial charge in [-0.05, 0) is 52.0 Å². The summed E-state index contributed by atoms with van der Waals surface area (Å²) in [5, 5.41) is 11.4. The average Bonchev–Trinajstić information content (AvgIpc) is 3.02. The molecular formula is C18H20N4O4.